The van der Waals surface area contributed by atoms with Crippen LogP contribution in [0.15, 0.2) is 52.0 Å². The van der Waals surface area contributed by atoms with Crippen molar-refractivity contribution < 1.29 is 9.32 Å². The fourth-order valence-corrected chi connectivity index (χ4v) is 3.90. The Morgan fingerprint density at radius 3 is 2.58 bits per heavy atom. The average Bonchev–Trinajstić information content (AvgIpc) is 3.15. The van der Waals surface area contributed by atoms with Crippen molar-refractivity contribution in [2.45, 2.75) is 33.7 Å². The van der Waals surface area contributed by atoms with Crippen molar-refractivity contribution in [2.75, 3.05) is 5.32 Å². The lowest BCUT2D eigenvalue weighted by atomic mass is 10.1. The second-order valence-corrected chi connectivity index (χ2v) is 7.91. The molecule has 4 aromatic rings. The van der Waals surface area contributed by atoms with Gasteiger partial charge in [-0.25, -0.2) is 4.98 Å². The third-order valence-electron chi connectivity index (χ3n) is 5.11. The van der Waals surface area contributed by atoms with Crippen molar-refractivity contribution >= 4 is 34.3 Å². The quantitative estimate of drug-likeness (QED) is 0.491. The summed E-state index contributed by atoms with van der Waals surface area (Å²) in [6, 6.07) is 11.1. The first-order chi connectivity index (χ1) is 14.8. The molecule has 0 unspecified atom stereocenters. The van der Waals surface area contributed by atoms with Gasteiger partial charge in [0.1, 0.15) is 17.4 Å². The minimum Gasteiger partial charge on any atom is -0.335 e. The fourth-order valence-electron chi connectivity index (χ4n) is 3.68. The summed E-state index contributed by atoms with van der Waals surface area (Å²) in [6.45, 7) is 6.10. The van der Waals surface area contributed by atoms with Gasteiger partial charge in [-0.15, -0.1) is 0 Å². The molecule has 2 aromatic carbocycles. The van der Waals surface area contributed by atoms with Crippen molar-refractivity contribution in [1.29, 1.82) is 0 Å². The van der Waals surface area contributed by atoms with Gasteiger partial charge in [0.15, 0.2) is 0 Å². The second kappa shape index (κ2) is 8.35. The van der Waals surface area contributed by atoms with E-state index in [9.17, 15) is 9.59 Å². The van der Waals surface area contributed by atoms with E-state index in [2.05, 4.69) is 15.5 Å². The maximum absolute atomic E-state index is 13.1. The Morgan fingerprint density at radius 1 is 1.16 bits per heavy atom. The Morgan fingerprint density at radius 2 is 1.87 bits per heavy atom. The predicted octanol–water partition coefficient (Wildman–Crippen LogP) is 4.66. The zero-order valence-electron chi connectivity index (χ0n) is 17.4. The molecular formula is C23H21ClN4O3. The average molecular weight is 437 g/mol. The van der Waals surface area contributed by atoms with Crippen LogP contribution in [0.1, 0.15) is 23.1 Å². The van der Waals surface area contributed by atoms with E-state index in [4.69, 9.17) is 16.1 Å². The number of nitrogens with zero attached hydrogens (tertiary/aromatic N) is 3. The molecule has 0 aliphatic carbocycles. The molecule has 0 saturated carbocycles. The lowest BCUT2D eigenvalue weighted by Gasteiger charge is -2.13. The summed E-state index contributed by atoms with van der Waals surface area (Å²) < 4.78 is 6.61. The van der Waals surface area contributed by atoms with Crippen LogP contribution < -0.4 is 10.9 Å². The number of rotatable bonds is 5. The van der Waals surface area contributed by atoms with Gasteiger partial charge in [0.05, 0.1) is 5.02 Å². The first-order valence-corrected chi connectivity index (χ1v) is 10.2. The van der Waals surface area contributed by atoms with E-state index in [1.807, 2.05) is 32.9 Å². The molecule has 31 heavy (non-hydrogen) atoms. The minimum absolute atomic E-state index is 0.118. The van der Waals surface area contributed by atoms with Gasteiger partial charge in [0, 0.05) is 24.2 Å². The lowest BCUT2D eigenvalue weighted by molar-refractivity contribution is -0.116. The number of aromatic nitrogens is 3. The summed E-state index contributed by atoms with van der Waals surface area (Å²) in [5, 5.41) is 7.63. The zero-order valence-corrected chi connectivity index (χ0v) is 18.2. The number of anilines is 1. The highest BCUT2D eigenvalue weighted by atomic mass is 35.5. The smallest absolute Gasteiger partial charge is 0.266 e. The number of amides is 1. The fraction of sp³-hybridized carbons (Fsp3) is 0.217. The minimum atomic E-state index is -0.336. The monoisotopic (exact) mass is 436 g/mol. The second-order valence-electron chi connectivity index (χ2n) is 7.51. The van der Waals surface area contributed by atoms with E-state index >= 15 is 0 Å². The summed E-state index contributed by atoms with van der Waals surface area (Å²) >= 11 is 6.26. The first-order valence-electron chi connectivity index (χ1n) is 9.82. The molecule has 0 atom stereocenters. The third-order valence-corrected chi connectivity index (χ3v) is 5.44. The lowest BCUT2D eigenvalue weighted by Crippen LogP contribution is -2.24. The van der Waals surface area contributed by atoms with E-state index in [1.54, 1.807) is 24.3 Å². The molecule has 0 spiro atoms. The van der Waals surface area contributed by atoms with E-state index in [1.165, 1.54) is 10.9 Å². The Kier molecular flexibility index (Phi) is 5.61. The highest BCUT2D eigenvalue weighted by molar-refractivity contribution is 6.33. The Hall–Kier alpha value is -3.45. The van der Waals surface area contributed by atoms with Gasteiger partial charge >= 0.3 is 0 Å². The molecule has 4 rings (SSSR count). The third kappa shape index (κ3) is 4.09. The van der Waals surface area contributed by atoms with E-state index < -0.39 is 0 Å². The van der Waals surface area contributed by atoms with Crippen LogP contribution in [0.2, 0.25) is 5.02 Å². The maximum atomic E-state index is 13.1. The molecule has 1 amide bonds. The number of carbonyl (C=O) groups is 1. The van der Waals surface area contributed by atoms with Crippen LogP contribution in [-0.2, 0) is 11.3 Å². The molecule has 158 valence electrons. The van der Waals surface area contributed by atoms with Crippen LogP contribution in [0.3, 0.4) is 0 Å². The summed E-state index contributed by atoms with van der Waals surface area (Å²) in [6.07, 6.45) is 1.48. The van der Waals surface area contributed by atoms with Gasteiger partial charge < -0.3 is 9.84 Å². The number of fused-ring (bicyclic) bond motifs is 1. The van der Waals surface area contributed by atoms with Gasteiger partial charge in [-0.05, 0) is 38.0 Å². The molecular weight excluding hydrogens is 416 g/mol. The van der Waals surface area contributed by atoms with Crippen molar-refractivity contribution in [2.24, 2.45) is 0 Å². The number of hydrogen-bond acceptors (Lipinski definition) is 5. The summed E-state index contributed by atoms with van der Waals surface area (Å²) in [4.78, 5) is 29.8. The number of carbonyl (C=O) groups excluding carboxylic acids is 1. The van der Waals surface area contributed by atoms with Crippen molar-refractivity contribution in [3.63, 3.8) is 0 Å². The molecule has 2 aromatic heterocycles. The summed E-state index contributed by atoms with van der Waals surface area (Å²) in [5.41, 5.74) is 4.66. The maximum Gasteiger partial charge on any atom is 0.266 e. The number of hydrogen-bond donors (Lipinski definition) is 1. The Balaban J connectivity index is 1.58. The number of benzene rings is 2. The normalized spacial score (nSPS) is 11.1. The van der Waals surface area contributed by atoms with Crippen LogP contribution >= 0.6 is 11.6 Å². The van der Waals surface area contributed by atoms with E-state index in [0.29, 0.717) is 16.3 Å². The number of nitrogens with one attached hydrogen (secondary N) is 1. The molecule has 2 heterocycles. The summed E-state index contributed by atoms with van der Waals surface area (Å²) in [7, 11) is 0. The molecule has 8 heteroatoms. The van der Waals surface area contributed by atoms with Gasteiger partial charge in [-0.3, -0.25) is 14.2 Å². The Bertz CT molecular complexity index is 1330. The van der Waals surface area contributed by atoms with Crippen molar-refractivity contribution in [1.82, 2.24) is 14.7 Å². The van der Waals surface area contributed by atoms with Crippen LogP contribution in [0.25, 0.3) is 22.4 Å². The molecule has 1 N–H and O–H groups in total. The van der Waals surface area contributed by atoms with Gasteiger partial charge in [-0.1, -0.05) is 52.7 Å². The van der Waals surface area contributed by atoms with Gasteiger partial charge in [-0.2, -0.15) is 0 Å². The highest BCUT2D eigenvalue weighted by Gasteiger charge is 2.19. The molecule has 0 saturated heterocycles. The topological polar surface area (TPSA) is 90.0 Å². The summed E-state index contributed by atoms with van der Waals surface area (Å²) in [5.74, 6) is -0.182. The van der Waals surface area contributed by atoms with Gasteiger partial charge in [0.25, 0.3) is 11.3 Å². The SMILES string of the molecule is Cc1cc(C)c(NC(=O)CCn2cnc3onc(-c4ccccc4Cl)c3c2=O)c(C)c1. The first kappa shape index (κ1) is 20.8. The Labute approximate surface area is 183 Å². The van der Waals surface area contributed by atoms with Crippen LogP contribution in [-0.4, -0.2) is 20.6 Å². The zero-order chi connectivity index (χ0) is 22.1. The number of aryl methyl sites for hydroxylation is 4. The van der Waals surface area contributed by atoms with E-state index in [0.717, 1.165) is 22.4 Å². The highest BCUT2D eigenvalue weighted by Crippen LogP contribution is 2.30. The van der Waals surface area contributed by atoms with Crippen LogP contribution in [0, 0.1) is 20.8 Å². The molecule has 0 aliphatic heterocycles. The standard InChI is InChI=1S/C23H21ClN4O3/c1-13-10-14(2)20(15(3)11-13)26-18(29)8-9-28-12-25-22-19(23(28)30)21(27-31-22)16-6-4-5-7-17(16)24/h4-7,10-12H,8-9H2,1-3H3,(H,26,29). The molecule has 0 radical (unpaired) electrons. The van der Waals surface area contributed by atoms with Crippen molar-refractivity contribution in [3.8, 4) is 11.3 Å². The van der Waals surface area contributed by atoms with Crippen molar-refractivity contribution in [3.05, 3.63) is 74.8 Å². The van der Waals surface area contributed by atoms with Gasteiger partial charge in [0.2, 0.25) is 5.91 Å². The number of halogens is 1. The predicted molar refractivity (Wildman–Crippen MR) is 120 cm³/mol. The van der Waals surface area contributed by atoms with E-state index in [-0.39, 0.29) is 35.5 Å². The van der Waals surface area contributed by atoms with Crippen LogP contribution in [0.5, 0.6) is 0 Å². The van der Waals surface area contributed by atoms with Crippen LogP contribution in [0.4, 0.5) is 5.69 Å². The molecule has 0 aliphatic rings. The molecule has 0 bridgehead atoms. The molecule has 7 nitrogen and oxygen atoms in total. The molecule has 0 fully saturated rings. The largest absolute Gasteiger partial charge is 0.335 e.